The third kappa shape index (κ3) is 1.85. The predicted molar refractivity (Wildman–Crippen MR) is 55.2 cm³/mol. The van der Waals surface area contributed by atoms with Gasteiger partial charge in [-0.05, 0) is 22.4 Å². The topological polar surface area (TPSA) is 47.3 Å². The van der Waals surface area contributed by atoms with E-state index in [0.717, 1.165) is 29.8 Å². The van der Waals surface area contributed by atoms with Crippen LogP contribution in [0.5, 0.6) is 0 Å². The van der Waals surface area contributed by atoms with Crippen LogP contribution in [0.4, 0.5) is 0 Å². The van der Waals surface area contributed by atoms with E-state index < -0.39 is 0 Å². The van der Waals surface area contributed by atoms with Crippen LogP contribution in [-0.4, -0.2) is 34.7 Å². The number of nitrogens with zero attached hydrogens (tertiary/aromatic N) is 2. The molecule has 2 rings (SSSR count). The van der Waals surface area contributed by atoms with Gasteiger partial charge in [0.2, 0.25) is 0 Å². The van der Waals surface area contributed by atoms with Crippen LogP contribution < -0.4 is 0 Å². The van der Waals surface area contributed by atoms with Gasteiger partial charge in [-0.1, -0.05) is 0 Å². The van der Waals surface area contributed by atoms with Crippen LogP contribution >= 0.6 is 15.9 Å². The highest BCUT2D eigenvalue weighted by atomic mass is 79.9. The highest BCUT2D eigenvalue weighted by Gasteiger charge is 2.21. The highest BCUT2D eigenvalue weighted by Crippen LogP contribution is 2.24. The molecule has 2 heterocycles. The molecule has 0 aliphatic carbocycles. The Morgan fingerprint density at radius 1 is 1.71 bits per heavy atom. The lowest BCUT2D eigenvalue weighted by molar-refractivity contribution is 0.183. The Balaban J connectivity index is 2.22. The first-order valence-electron chi connectivity index (χ1n) is 4.73. The Hall–Kier alpha value is -0.390. The number of ether oxygens (including phenoxy) is 1. The number of aromatic nitrogens is 2. The van der Waals surface area contributed by atoms with Crippen LogP contribution in [0.15, 0.2) is 10.7 Å². The van der Waals surface area contributed by atoms with Gasteiger partial charge in [-0.25, -0.2) is 0 Å². The molecule has 1 aliphatic heterocycles. The first-order chi connectivity index (χ1) is 6.83. The van der Waals surface area contributed by atoms with E-state index in [2.05, 4.69) is 21.0 Å². The van der Waals surface area contributed by atoms with Crippen LogP contribution in [0.3, 0.4) is 0 Å². The third-order valence-electron chi connectivity index (χ3n) is 2.45. The second kappa shape index (κ2) is 4.42. The molecule has 1 aromatic rings. The van der Waals surface area contributed by atoms with E-state index in [1.165, 1.54) is 0 Å². The van der Waals surface area contributed by atoms with Crippen molar-refractivity contribution in [2.24, 2.45) is 0 Å². The number of aliphatic hydroxyl groups is 1. The molecule has 1 N–H and O–H groups in total. The Labute approximate surface area is 91.0 Å². The molecule has 1 saturated heterocycles. The van der Waals surface area contributed by atoms with Gasteiger partial charge in [0.25, 0.3) is 0 Å². The van der Waals surface area contributed by atoms with Gasteiger partial charge < -0.3 is 9.84 Å². The van der Waals surface area contributed by atoms with E-state index in [9.17, 15) is 0 Å². The number of rotatable bonds is 3. The Morgan fingerprint density at radius 3 is 3.21 bits per heavy atom. The number of halogens is 1. The molecular formula is C9H13BrN2O2. The van der Waals surface area contributed by atoms with Crippen molar-refractivity contribution in [1.29, 1.82) is 0 Å². The molecule has 14 heavy (non-hydrogen) atoms. The summed E-state index contributed by atoms with van der Waals surface area (Å²) in [4.78, 5) is 0. The molecule has 0 bridgehead atoms. The predicted octanol–water partition coefficient (Wildman–Crippen LogP) is 1.14. The van der Waals surface area contributed by atoms with E-state index in [1.54, 1.807) is 6.20 Å². The zero-order valence-electron chi connectivity index (χ0n) is 7.82. The van der Waals surface area contributed by atoms with E-state index in [-0.39, 0.29) is 6.61 Å². The summed E-state index contributed by atoms with van der Waals surface area (Å²) in [5.41, 5.74) is 1.06. The Kier molecular flexibility index (Phi) is 3.20. The number of hydrogen-bond donors (Lipinski definition) is 1. The third-order valence-corrected chi connectivity index (χ3v) is 3.11. The van der Waals surface area contributed by atoms with Crippen molar-refractivity contribution >= 4 is 15.9 Å². The zero-order valence-corrected chi connectivity index (χ0v) is 9.40. The van der Waals surface area contributed by atoms with Crippen LogP contribution in [0.25, 0.3) is 0 Å². The van der Waals surface area contributed by atoms with Gasteiger partial charge in [-0.3, -0.25) is 4.68 Å². The van der Waals surface area contributed by atoms with Crippen molar-refractivity contribution < 1.29 is 9.84 Å². The van der Waals surface area contributed by atoms with Gasteiger partial charge in [0.15, 0.2) is 0 Å². The van der Waals surface area contributed by atoms with E-state index in [4.69, 9.17) is 9.84 Å². The van der Waals surface area contributed by atoms with E-state index in [1.807, 2.05) is 4.68 Å². The minimum atomic E-state index is 0.151. The maximum Gasteiger partial charge on any atom is 0.0778 e. The lowest BCUT2D eigenvalue weighted by Crippen LogP contribution is -2.14. The Bertz CT molecular complexity index is 308. The Morgan fingerprint density at radius 2 is 2.57 bits per heavy atom. The molecule has 1 aliphatic rings. The van der Waals surface area contributed by atoms with Crippen molar-refractivity contribution in [3.05, 3.63) is 16.4 Å². The quantitative estimate of drug-likeness (QED) is 0.887. The minimum Gasteiger partial charge on any atom is -0.396 e. The lowest BCUT2D eigenvalue weighted by atomic mass is 10.2. The summed E-state index contributed by atoms with van der Waals surface area (Å²) in [6.45, 7) is 1.69. The fourth-order valence-electron chi connectivity index (χ4n) is 1.74. The molecule has 0 saturated carbocycles. The SMILES string of the molecule is OCCc1c(Br)cnn1C1CCOC1. The molecule has 78 valence electrons. The van der Waals surface area contributed by atoms with Crippen LogP contribution in [0.1, 0.15) is 18.2 Å². The van der Waals surface area contributed by atoms with Crippen molar-refractivity contribution in [2.75, 3.05) is 19.8 Å². The normalized spacial score (nSPS) is 21.7. The van der Waals surface area contributed by atoms with Crippen molar-refractivity contribution in [3.8, 4) is 0 Å². The van der Waals surface area contributed by atoms with E-state index in [0.29, 0.717) is 12.5 Å². The molecule has 0 spiro atoms. The summed E-state index contributed by atoms with van der Waals surface area (Å²) in [5.74, 6) is 0. The standard InChI is InChI=1S/C9H13BrN2O2/c10-8-5-11-12(9(8)1-3-13)7-2-4-14-6-7/h5,7,13H,1-4,6H2. The largest absolute Gasteiger partial charge is 0.396 e. The zero-order chi connectivity index (χ0) is 9.97. The van der Waals surface area contributed by atoms with Gasteiger partial charge in [0.1, 0.15) is 0 Å². The van der Waals surface area contributed by atoms with Crippen molar-refractivity contribution in [2.45, 2.75) is 18.9 Å². The maximum atomic E-state index is 8.94. The van der Waals surface area contributed by atoms with Crippen LogP contribution in [0, 0.1) is 0 Å². The molecular weight excluding hydrogens is 248 g/mol. The van der Waals surface area contributed by atoms with Crippen LogP contribution in [-0.2, 0) is 11.2 Å². The first-order valence-corrected chi connectivity index (χ1v) is 5.52. The molecule has 1 unspecified atom stereocenters. The second-order valence-corrected chi connectivity index (χ2v) is 4.23. The lowest BCUT2D eigenvalue weighted by Gasteiger charge is -2.12. The van der Waals surface area contributed by atoms with E-state index >= 15 is 0 Å². The molecule has 0 aromatic carbocycles. The molecule has 1 aromatic heterocycles. The van der Waals surface area contributed by atoms with Gasteiger partial charge in [-0.2, -0.15) is 5.10 Å². The summed E-state index contributed by atoms with van der Waals surface area (Å²) in [7, 11) is 0. The summed E-state index contributed by atoms with van der Waals surface area (Å²) < 4.78 is 8.25. The monoisotopic (exact) mass is 260 g/mol. The highest BCUT2D eigenvalue weighted by molar-refractivity contribution is 9.10. The first kappa shape index (κ1) is 10.1. The number of aliphatic hydroxyl groups excluding tert-OH is 1. The summed E-state index contributed by atoms with van der Waals surface area (Å²) >= 11 is 3.43. The fourth-order valence-corrected chi connectivity index (χ4v) is 2.21. The molecule has 1 fully saturated rings. The average molecular weight is 261 g/mol. The molecule has 0 amide bonds. The number of hydrogen-bond acceptors (Lipinski definition) is 3. The van der Waals surface area contributed by atoms with Gasteiger partial charge in [0, 0.05) is 19.6 Å². The molecule has 0 radical (unpaired) electrons. The van der Waals surface area contributed by atoms with Gasteiger partial charge >= 0.3 is 0 Å². The maximum absolute atomic E-state index is 8.94. The molecule has 5 heteroatoms. The summed E-state index contributed by atoms with van der Waals surface area (Å²) in [5, 5.41) is 13.2. The van der Waals surface area contributed by atoms with Crippen LogP contribution in [0.2, 0.25) is 0 Å². The fraction of sp³-hybridized carbons (Fsp3) is 0.667. The minimum absolute atomic E-state index is 0.151. The van der Waals surface area contributed by atoms with Crippen molar-refractivity contribution in [1.82, 2.24) is 9.78 Å². The van der Waals surface area contributed by atoms with Crippen molar-refractivity contribution in [3.63, 3.8) is 0 Å². The van der Waals surface area contributed by atoms with Gasteiger partial charge in [-0.15, -0.1) is 0 Å². The molecule has 4 nitrogen and oxygen atoms in total. The average Bonchev–Trinajstić information content (AvgIpc) is 2.77. The summed E-state index contributed by atoms with van der Waals surface area (Å²) in [6, 6.07) is 0.336. The van der Waals surface area contributed by atoms with Gasteiger partial charge in [0.05, 0.1) is 29.0 Å². The smallest absolute Gasteiger partial charge is 0.0778 e. The second-order valence-electron chi connectivity index (χ2n) is 3.37. The molecule has 1 atom stereocenters. The summed E-state index contributed by atoms with van der Waals surface area (Å²) in [6.07, 6.45) is 3.42.